The van der Waals surface area contributed by atoms with Gasteiger partial charge in [0.05, 0.1) is 5.75 Å². The van der Waals surface area contributed by atoms with Crippen LogP contribution in [0.15, 0.2) is 34.9 Å². The molecule has 2 N–H and O–H groups in total. The lowest BCUT2D eigenvalue weighted by Crippen LogP contribution is -2.17. The van der Waals surface area contributed by atoms with Crippen molar-refractivity contribution in [3.05, 3.63) is 34.9 Å². The van der Waals surface area contributed by atoms with Crippen LogP contribution in [0.3, 0.4) is 0 Å². The molecule has 1 aromatic carbocycles. The Balaban J connectivity index is 2.17. The topological polar surface area (TPSA) is 65.1 Å². The van der Waals surface area contributed by atoms with E-state index >= 15 is 0 Å². The van der Waals surface area contributed by atoms with E-state index < -0.39 is 10.0 Å². The highest BCUT2D eigenvalue weighted by Gasteiger charge is 2.05. The summed E-state index contributed by atoms with van der Waals surface area (Å²) in [5, 5.41) is 6.10. The molecule has 4 nitrogen and oxygen atoms in total. The lowest BCUT2D eigenvalue weighted by Gasteiger charge is -2.05. The van der Waals surface area contributed by atoms with Crippen LogP contribution in [0.5, 0.6) is 0 Å². The maximum atomic E-state index is 10.8. The van der Waals surface area contributed by atoms with Crippen LogP contribution >= 0.6 is 15.9 Å². The van der Waals surface area contributed by atoms with Crippen molar-refractivity contribution in [2.75, 3.05) is 5.75 Å². The molecule has 0 amide bonds. The van der Waals surface area contributed by atoms with Crippen LogP contribution in [-0.2, 0) is 16.6 Å². The predicted octanol–water partition coefficient (Wildman–Crippen LogP) is 2.08. The van der Waals surface area contributed by atoms with Gasteiger partial charge in [0.15, 0.2) is 0 Å². The smallest absolute Gasteiger partial charge is 0.209 e. The molecule has 0 saturated heterocycles. The summed E-state index contributed by atoms with van der Waals surface area (Å²) in [6, 6.07) is 7.97. The third kappa shape index (κ3) is 3.08. The average molecular weight is 317 g/mol. The van der Waals surface area contributed by atoms with Gasteiger partial charge in [-0.1, -0.05) is 22.0 Å². The van der Waals surface area contributed by atoms with Gasteiger partial charge in [0.1, 0.15) is 0 Å². The van der Waals surface area contributed by atoms with E-state index in [2.05, 4.69) is 15.9 Å². The number of nitrogens with zero attached hydrogens (tertiary/aromatic N) is 1. The first-order chi connectivity index (χ1) is 7.97. The van der Waals surface area contributed by atoms with E-state index in [1.165, 1.54) is 0 Å². The second kappa shape index (κ2) is 4.80. The molecule has 2 rings (SSSR count). The number of aryl methyl sites for hydroxylation is 1. The molecule has 0 aliphatic rings. The molecule has 6 heteroatoms. The van der Waals surface area contributed by atoms with Crippen molar-refractivity contribution in [2.24, 2.45) is 5.14 Å². The SMILES string of the molecule is NS(=O)(=O)CCCn1ccc2c(Br)cccc21. The molecule has 17 heavy (non-hydrogen) atoms. The number of halogens is 1. The van der Waals surface area contributed by atoms with Crippen LogP contribution in [-0.4, -0.2) is 18.7 Å². The van der Waals surface area contributed by atoms with E-state index in [-0.39, 0.29) is 5.75 Å². The third-order valence-corrected chi connectivity index (χ3v) is 4.14. The van der Waals surface area contributed by atoms with Gasteiger partial charge in [0, 0.05) is 28.1 Å². The van der Waals surface area contributed by atoms with Gasteiger partial charge >= 0.3 is 0 Å². The van der Waals surface area contributed by atoms with Crippen LogP contribution in [0, 0.1) is 0 Å². The van der Waals surface area contributed by atoms with Crippen molar-refractivity contribution in [3.8, 4) is 0 Å². The summed E-state index contributed by atoms with van der Waals surface area (Å²) in [4.78, 5) is 0. The molecule has 92 valence electrons. The molecule has 0 atom stereocenters. The fourth-order valence-electron chi connectivity index (χ4n) is 1.82. The minimum atomic E-state index is -3.36. The molecule has 1 heterocycles. The highest BCUT2D eigenvalue weighted by molar-refractivity contribution is 9.10. The quantitative estimate of drug-likeness (QED) is 0.938. The maximum absolute atomic E-state index is 10.8. The summed E-state index contributed by atoms with van der Waals surface area (Å²) < 4.78 is 24.8. The number of primary sulfonamides is 1. The summed E-state index contributed by atoms with van der Waals surface area (Å²) in [6.07, 6.45) is 2.48. The molecule has 0 fully saturated rings. The monoisotopic (exact) mass is 316 g/mol. The second-order valence-electron chi connectivity index (χ2n) is 3.90. The number of benzene rings is 1. The Hall–Kier alpha value is -0.850. The van der Waals surface area contributed by atoms with Crippen LogP contribution in [0.2, 0.25) is 0 Å². The molecule has 0 radical (unpaired) electrons. The minimum Gasteiger partial charge on any atom is -0.347 e. The third-order valence-electron chi connectivity index (χ3n) is 2.59. The van der Waals surface area contributed by atoms with Gasteiger partial charge < -0.3 is 4.57 Å². The standard InChI is InChI=1S/C11H13BrN2O2S/c12-10-3-1-4-11-9(10)5-7-14(11)6-2-8-17(13,15)16/h1,3-5,7H,2,6,8H2,(H2,13,15,16). The van der Waals surface area contributed by atoms with Crippen molar-refractivity contribution in [1.29, 1.82) is 0 Å². The fourth-order valence-corrected chi connectivity index (χ4v) is 2.84. The summed E-state index contributed by atoms with van der Waals surface area (Å²) >= 11 is 3.48. The molecule has 0 spiro atoms. The molecular weight excluding hydrogens is 304 g/mol. The Morgan fingerprint density at radius 3 is 2.76 bits per heavy atom. The van der Waals surface area contributed by atoms with Gasteiger partial charge in [-0.05, 0) is 24.6 Å². The minimum absolute atomic E-state index is 0.0146. The van der Waals surface area contributed by atoms with Crippen molar-refractivity contribution in [3.63, 3.8) is 0 Å². The first-order valence-electron chi connectivity index (χ1n) is 5.21. The molecule has 0 aliphatic carbocycles. The van der Waals surface area contributed by atoms with E-state index in [0.29, 0.717) is 13.0 Å². The lowest BCUT2D eigenvalue weighted by atomic mass is 10.2. The van der Waals surface area contributed by atoms with E-state index in [4.69, 9.17) is 5.14 Å². The first-order valence-corrected chi connectivity index (χ1v) is 7.72. The average Bonchev–Trinajstić information content (AvgIpc) is 2.61. The van der Waals surface area contributed by atoms with E-state index in [0.717, 1.165) is 15.4 Å². The Morgan fingerprint density at radius 2 is 2.06 bits per heavy atom. The van der Waals surface area contributed by atoms with Gasteiger partial charge in [-0.3, -0.25) is 0 Å². The zero-order valence-corrected chi connectivity index (χ0v) is 11.5. The van der Waals surface area contributed by atoms with E-state index in [1.807, 2.05) is 35.0 Å². The number of hydrogen-bond donors (Lipinski definition) is 1. The second-order valence-corrected chi connectivity index (χ2v) is 6.49. The Labute approximate surface area is 109 Å². The summed E-state index contributed by atoms with van der Waals surface area (Å²) in [7, 11) is -3.36. The number of fused-ring (bicyclic) bond motifs is 1. The molecule has 2 aromatic rings. The number of nitrogens with two attached hydrogens (primary N) is 1. The van der Waals surface area contributed by atoms with Crippen molar-refractivity contribution in [2.45, 2.75) is 13.0 Å². The number of rotatable bonds is 4. The van der Waals surface area contributed by atoms with Crippen molar-refractivity contribution >= 4 is 36.9 Å². The van der Waals surface area contributed by atoms with Crippen LogP contribution in [0.4, 0.5) is 0 Å². The summed E-state index contributed by atoms with van der Waals surface area (Å²) in [5.41, 5.74) is 1.09. The van der Waals surface area contributed by atoms with E-state index in [9.17, 15) is 8.42 Å². The van der Waals surface area contributed by atoms with Crippen LogP contribution in [0.25, 0.3) is 10.9 Å². The number of hydrogen-bond acceptors (Lipinski definition) is 2. The summed E-state index contributed by atoms with van der Waals surface area (Å²) in [5.74, 6) is 0.0146. The highest BCUT2D eigenvalue weighted by atomic mass is 79.9. The molecular formula is C11H13BrN2O2S. The van der Waals surface area contributed by atoms with Gasteiger partial charge in [0.2, 0.25) is 10.0 Å². The maximum Gasteiger partial charge on any atom is 0.209 e. The van der Waals surface area contributed by atoms with Crippen LogP contribution in [0.1, 0.15) is 6.42 Å². The van der Waals surface area contributed by atoms with Gasteiger partial charge in [-0.15, -0.1) is 0 Å². The van der Waals surface area contributed by atoms with Gasteiger partial charge in [-0.2, -0.15) is 0 Å². The zero-order chi connectivity index (χ0) is 12.5. The lowest BCUT2D eigenvalue weighted by molar-refractivity contribution is 0.589. The predicted molar refractivity (Wildman–Crippen MR) is 72.2 cm³/mol. The van der Waals surface area contributed by atoms with Gasteiger partial charge in [-0.25, -0.2) is 13.6 Å². The molecule has 1 aromatic heterocycles. The Kier molecular flexibility index (Phi) is 3.56. The Morgan fingerprint density at radius 1 is 1.29 bits per heavy atom. The molecule has 0 saturated carbocycles. The van der Waals surface area contributed by atoms with Crippen molar-refractivity contribution < 1.29 is 8.42 Å². The molecule has 0 aliphatic heterocycles. The van der Waals surface area contributed by atoms with Crippen molar-refractivity contribution in [1.82, 2.24) is 4.57 Å². The highest BCUT2D eigenvalue weighted by Crippen LogP contribution is 2.24. The normalized spacial score (nSPS) is 12.1. The first kappa shape index (κ1) is 12.6. The van der Waals surface area contributed by atoms with Gasteiger partial charge in [0.25, 0.3) is 0 Å². The zero-order valence-electron chi connectivity index (χ0n) is 9.14. The van der Waals surface area contributed by atoms with Crippen LogP contribution < -0.4 is 5.14 Å². The van der Waals surface area contributed by atoms with E-state index in [1.54, 1.807) is 0 Å². The molecule has 0 bridgehead atoms. The molecule has 0 unspecified atom stereocenters. The Bertz CT molecular complexity index is 634. The fraction of sp³-hybridized carbons (Fsp3) is 0.273. The number of aromatic nitrogens is 1. The number of sulfonamides is 1. The summed E-state index contributed by atoms with van der Waals surface area (Å²) in [6.45, 7) is 0.649. The largest absolute Gasteiger partial charge is 0.347 e.